The number of nitrogens with zero attached hydrogens (tertiary/aromatic N) is 1. The largest absolute Gasteiger partial charge is 0.351 e. The second-order valence-corrected chi connectivity index (χ2v) is 8.29. The second-order valence-electron chi connectivity index (χ2n) is 6.18. The predicted octanol–water partition coefficient (Wildman–Crippen LogP) is 3.94. The Morgan fingerprint density at radius 1 is 1.22 bits per heavy atom. The van der Waals surface area contributed by atoms with Gasteiger partial charge in [0.05, 0.1) is 18.2 Å². The van der Waals surface area contributed by atoms with E-state index in [1.165, 1.54) is 35.6 Å². The van der Waals surface area contributed by atoms with E-state index in [1.807, 2.05) is 17.5 Å². The number of carbonyl (C=O) groups excluding carboxylic acids is 2. The van der Waals surface area contributed by atoms with Gasteiger partial charge in [-0.25, -0.2) is 9.37 Å². The lowest BCUT2D eigenvalue weighted by molar-refractivity contribution is -0.122. The summed E-state index contributed by atoms with van der Waals surface area (Å²) in [5.74, 6) is -1.06. The van der Waals surface area contributed by atoms with Gasteiger partial charge in [-0.3, -0.25) is 14.9 Å². The minimum absolute atomic E-state index is 0.0381. The van der Waals surface area contributed by atoms with E-state index < -0.39 is 5.82 Å². The normalized spacial score (nSPS) is 15.4. The van der Waals surface area contributed by atoms with Crippen LogP contribution in [0.1, 0.15) is 38.1 Å². The summed E-state index contributed by atoms with van der Waals surface area (Å²) in [6.07, 6.45) is 1.51. The highest BCUT2D eigenvalue weighted by molar-refractivity contribution is 7.16. The molecule has 1 atom stereocenters. The third-order valence-corrected chi connectivity index (χ3v) is 6.30. The van der Waals surface area contributed by atoms with Crippen molar-refractivity contribution in [2.24, 2.45) is 0 Å². The molecule has 27 heavy (non-hydrogen) atoms. The fourth-order valence-corrected chi connectivity index (χ4v) is 4.69. The number of anilines is 1. The Morgan fingerprint density at radius 2 is 2.04 bits per heavy atom. The van der Waals surface area contributed by atoms with Crippen molar-refractivity contribution in [2.45, 2.75) is 25.3 Å². The highest BCUT2D eigenvalue weighted by atomic mass is 32.1. The van der Waals surface area contributed by atoms with E-state index in [2.05, 4.69) is 15.6 Å². The molecule has 2 heterocycles. The van der Waals surface area contributed by atoms with E-state index in [0.29, 0.717) is 17.2 Å². The molecule has 1 aromatic carbocycles. The molecule has 0 saturated heterocycles. The molecule has 2 N–H and O–H groups in total. The minimum atomic E-state index is -0.392. The molecule has 0 aliphatic heterocycles. The standard InChI is InChI=1S/C19H16FN3O2S2/c20-12-5-3-11(4-6-12)17(24)23-19-22-16-14(7-8-15(16)27-19)18(25)21-10-13-2-1-9-26-13/h1-6,9,14H,7-8,10H2,(H,21,25)(H,22,23,24)/t14-/m1/s1. The maximum atomic E-state index is 13.0. The highest BCUT2D eigenvalue weighted by Gasteiger charge is 2.32. The molecule has 1 aliphatic carbocycles. The maximum Gasteiger partial charge on any atom is 0.257 e. The molecule has 1 aliphatic rings. The average Bonchev–Trinajstić information content (AvgIpc) is 3.37. The number of nitrogens with one attached hydrogen (secondary N) is 2. The molecular formula is C19H16FN3O2S2. The number of halogens is 1. The number of thiophene rings is 1. The van der Waals surface area contributed by atoms with Crippen LogP contribution >= 0.6 is 22.7 Å². The van der Waals surface area contributed by atoms with Crippen molar-refractivity contribution in [3.63, 3.8) is 0 Å². The molecule has 0 spiro atoms. The number of amides is 2. The zero-order valence-electron chi connectivity index (χ0n) is 14.2. The SMILES string of the molecule is O=C(Nc1nc2c(s1)CC[C@H]2C(=O)NCc1cccs1)c1ccc(F)cc1. The van der Waals surface area contributed by atoms with Crippen LogP contribution < -0.4 is 10.6 Å². The lowest BCUT2D eigenvalue weighted by Gasteiger charge is -2.10. The van der Waals surface area contributed by atoms with Gasteiger partial charge < -0.3 is 5.32 Å². The van der Waals surface area contributed by atoms with Crippen molar-refractivity contribution in [1.29, 1.82) is 0 Å². The van der Waals surface area contributed by atoms with Crippen LogP contribution in [0.25, 0.3) is 0 Å². The van der Waals surface area contributed by atoms with Gasteiger partial charge in [0.2, 0.25) is 5.91 Å². The Labute approximate surface area is 163 Å². The van der Waals surface area contributed by atoms with Crippen molar-refractivity contribution in [1.82, 2.24) is 10.3 Å². The van der Waals surface area contributed by atoms with Crippen LogP contribution in [0.4, 0.5) is 9.52 Å². The summed E-state index contributed by atoms with van der Waals surface area (Å²) >= 11 is 2.99. The monoisotopic (exact) mass is 401 g/mol. The van der Waals surface area contributed by atoms with E-state index in [4.69, 9.17) is 0 Å². The number of benzene rings is 1. The highest BCUT2D eigenvalue weighted by Crippen LogP contribution is 2.38. The van der Waals surface area contributed by atoms with E-state index >= 15 is 0 Å². The zero-order valence-corrected chi connectivity index (χ0v) is 15.8. The van der Waals surface area contributed by atoms with Gasteiger partial charge in [-0.05, 0) is 48.6 Å². The Kier molecular flexibility index (Phi) is 5.00. The number of fused-ring (bicyclic) bond motifs is 1. The molecule has 0 radical (unpaired) electrons. The van der Waals surface area contributed by atoms with Crippen molar-refractivity contribution in [2.75, 3.05) is 5.32 Å². The summed E-state index contributed by atoms with van der Waals surface area (Å²) in [7, 11) is 0. The second kappa shape index (κ2) is 7.58. The van der Waals surface area contributed by atoms with Gasteiger partial charge in [-0.15, -0.1) is 22.7 Å². The van der Waals surface area contributed by atoms with Gasteiger partial charge >= 0.3 is 0 Å². The molecular weight excluding hydrogens is 385 g/mol. The Hall–Kier alpha value is -2.58. The molecule has 5 nitrogen and oxygen atoms in total. The fraction of sp³-hybridized carbons (Fsp3) is 0.211. The van der Waals surface area contributed by atoms with Crippen molar-refractivity contribution in [3.05, 3.63) is 68.6 Å². The Morgan fingerprint density at radius 3 is 2.78 bits per heavy atom. The quantitative estimate of drug-likeness (QED) is 0.680. The van der Waals surface area contributed by atoms with E-state index in [-0.39, 0.29) is 17.7 Å². The first-order chi connectivity index (χ1) is 13.1. The number of thiazole rings is 1. The van der Waals surface area contributed by atoms with Gasteiger partial charge in [0.1, 0.15) is 5.82 Å². The first kappa shape index (κ1) is 17.8. The molecule has 2 amide bonds. The molecule has 8 heteroatoms. The Bertz CT molecular complexity index is 968. The van der Waals surface area contributed by atoms with Crippen LogP contribution in [0.5, 0.6) is 0 Å². The van der Waals surface area contributed by atoms with Crippen LogP contribution in [0, 0.1) is 5.82 Å². The number of rotatable bonds is 5. The van der Waals surface area contributed by atoms with E-state index in [1.54, 1.807) is 11.3 Å². The van der Waals surface area contributed by atoms with Crippen LogP contribution in [0.3, 0.4) is 0 Å². The topological polar surface area (TPSA) is 71.1 Å². The van der Waals surface area contributed by atoms with Gasteiger partial charge in [0.25, 0.3) is 5.91 Å². The minimum Gasteiger partial charge on any atom is -0.351 e. The number of hydrogen-bond acceptors (Lipinski definition) is 5. The molecule has 0 unspecified atom stereocenters. The van der Waals surface area contributed by atoms with Crippen molar-refractivity contribution in [3.8, 4) is 0 Å². The van der Waals surface area contributed by atoms with Crippen LogP contribution in [-0.2, 0) is 17.8 Å². The first-order valence-electron chi connectivity index (χ1n) is 8.47. The van der Waals surface area contributed by atoms with Crippen molar-refractivity contribution < 1.29 is 14.0 Å². The lowest BCUT2D eigenvalue weighted by atomic mass is 10.1. The van der Waals surface area contributed by atoms with Gasteiger partial charge in [-0.2, -0.15) is 0 Å². The molecule has 4 rings (SSSR count). The van der Waals surface area contributed by atoms with Crippen LogP contribution in [-0.4, -0.2) is 16.8 Å². The van der Waals surface area contributed by atoms with Gasteiger partial charge in [0.15, 0.2) is 5.13 Å². The number of aromatic nitrogens is 1. The number of carbonyl (C=O) groups is 2. The van der Waals surface area contributed by atoms with E-state index in [9.17, 15) is 14.0 Å². The zero-order chi connectivity index (χ0) is 18.8. The third kappa shape index (κ3) is 3.91. The summed E-state index contributed by atoms with van der Waals surface area (Å²) in [5, 5.41) is 8.14. The number of hydrogen-bond donors (Lipinski definition) is 2. The predicted molar refractivity (Wildman–Crippen MR) is 104 cm³/mol. The molecule has 0 fully saturated rings. The summed E-state index contributed by atoms with van der Waals surface area (Å²) in [6, 6.07) is 9.27. The Balaban J connectivity index is 1.42. The molecule has 0 saturated carbocycles. The first-order valence-corrected chi connectivity index (χ1v) is 10.2. The van der Waals surface area contributed by atoms with Gasteiger partial charge in [0, 0.05) is 15.3 Å². The smallest absolute Gasteiger partial charge is 0.257 e. The van der Waals surface area contributed by atoms with E-state index in [0.717, 1.165) is 28.3 Å². The number of aryl methyl sites for hydroxylation is 1. The fourth-order valence-electron chi connectivity index (χ4n) is 3.02. The van der Waals surface area contributed by atoms with Gasteiger partial charge in [-0.1, -0.05) is 6.07 Å². The molecule has 2 aromatic heterocycles. The molecule has 3 aromatic rings. The third-order valence-electron chi connectivity index (χ3n) is 4.38. The maximum absolute atomic E-state index is 13.0. The average molecular weight is 401 g/mol. The summed E-state index contributed by atoms with van der Waals surface area (Å²) in [4.78, 5) is 31.4. The lowest BCUT2D eigenvalue weighted by Crippen LogP contribution is -2.27. The molecule has 0 bridgehead atoms. The summed E-state index contributed by atoms with van der Waals surface area (Å²) in [5.41, 5.74) is 1.11. The summed E-state index contributed by atoms with van der Waals surface area (Å²) < 4.78 is 13.0. The van der Waals surface area contributed by atoms with Crippen molar-refractivity contribution >= 4 is 39.6 Å². The van der Waals surface area contributed by atoms with Crippen LogP contribution in [0.2, 0.25) is 0 Å². The summed E-state index contributed by atoms with van der Waals surface area (Å²) in [6.45, 7) is 0.515. The molecule has 138 valence electrons. The van der Waals surface area contributed by atoms with Crippen LogP contribution in [0.15, 0.2) is 41.8 Å².